The number of rotatable bonds is 4. The van der Waals surface area contributed by atoms with E-state index in [4.69, 9.17) is 9.47 Å². The minimum atomic E-state index is -0.327. The van der Waals surface area contributed by atoms with Gasteiger partial charge in [-0.3, -0.25) is 9.69 Å². The van der Waals surface area contributed by atoms with Crippen LogP contribution in [-0.2, 0) is 16.1 Å². The van der Waals surface area contributed by atoms with E-state index in [0.29, 0.717) is 13.1 Å². The number of benzene rings is 1. The zero-order chi connectivity index (χ0) is 17.7. The molecule has 0 N–H and O–H groups in total. The number of ether oxygens (including phenoxy) is 2. The maximum absolute atomic E-state index is 12.6. The van der Waals surface area contributed by atoms with Crippen molar-refractivity contribution in [1.82, 2.24) is 9.80 Å². The van der Waals surface area contributed by atoms with E-state index in [1.165, 1.54) is 0 Å². The first-order valence-corrected chi connectivity index (χ1v) is 9.03. The second-order valence-electron chi connectivity index (χ2n) is 7.02. The summed E-state index contributed by atoms with van der Waals surface area (Å²) in [5, 5.41) is 0. The summed E-state index contributed by atoms with van der Waals surface area (Å²) in [4.78, 5) is 16.9. The molecule has 2 aliphatic rings. The van der Waals surface area contributed by atoms with Gasteiger partial charge >= 0.3 is 0 Å². The van der Waals surface area contributed by atoms with Gasteiger partial charge in [0.15, 0.2) is 0 Å². The van der Waals surface area contributed by atoms with Crippen molar-refractivity contribution in [1.29, 1.82) is 0 Å². The molecule has 0 unspecified atom stereocenters. The lowest BCUT2D eigenvalue weighted by molar-refractivity contribution is -0.138. The predicted octanol–water partition coefficient (Wildman–Crippen LogP) is 2.46. The van der Waals surface area contributed by atoms with E-state index in [0.717, 1.165) is 50.2 Å². The molecule has 136 valence electrons. The predicted molar refractivity (Wildman–Crippen MR) is 97.6 cm³/mol. The lowest BCUT2D eigenvalue weighted by Crippen LogP contribution is -2.48. The van der Waals surface area contributed by atoms with Gasteiger partial charge < -0.3 is 14.4 Å². The average Bonchev–Trinajstić information content (AvgIpc) is 2.89. The van der Waals surface area contributed by atoms with Crippen LogP contribution in [0.2, 0.25) is 0 Å². The van der Waals surface area contributed by atoms with Crippen molar-refractivity contribution >= 4 is 5.91 Å². The first kappa shape index (κ1) is 18.0. The number of hydrogen-bond acceptors (Lipinski definition) is 4. The minimum absolute atomic E-state index is 0.0226. The highest BCUT2D eigenvalue weighted by Gasteiger charge is 2.40. The summed E-state index contributed by atoms with van der Waals surface area (Å²) in [6.45, 7) is 8.07. The van der Waals surface area contributed by atoms with Gasteiger partial charge in [0, 0.05) is 38.7 Å². The molecule has 1 spiro atoms. The Morgan fingerprint density at radius 2 is 2.20 bits per heavy atom. The normalized spacial score (nSPS) is 24.1. The van der Waals surface area contributed by atoms with E-state index < -0.39 is 0 Å². The van der Waals surface area contributed by atoms with Crippen LogP contribution < -0.4 is 4.74 Å². The molecule has 5 nitrogen and oxygen atoms in total. The van der Waals surface area contributed by atoms with Gasteiger partial charge in [0.1, 0.15) is 18.0 Å². The van der Waals surface area contributed by atoms with Gasteiger partial charge in [0.25, 0.3) is 0 Å². The second kappa shape index (κ2) is 8.02. The largest absolute Gasteiger partial charge is 0.485 e. The summed E-state index contributed by atoms with van der Waals surface area (Å²) in [5.41, 5.74) is 0.738. The van der Waals surface area contributed by atoms with Gasteiger partial charge in [-0.05, 0) is 25.5 Å². The molecular formula is C20H28N2O3. The van der Waals surface area contributed by atoms with Gasteiger partial charge in [0.2, 0.25) is 5.91 Å². The fraction of sp³-hybridized carbons (Fsp3) is 0.550. The van der Waals surface area contributed by atoms with Crippen LogP contribution in [0.5, 0.6) is 5.75 Å². The molecule has 2 aliphatic heterocycles. The molecule has 3 rings (SSSR count). The minimum Gasteiger partial charge on any atom is -0.485 e. The average molecular weight is 344 g/mol. The van der Waals surface area contributed by atoms with E-state index in [1.54, 1.807) is 7.11 Å². The number of likely N-dealkylation sites (tertiary alicyclic amines) is 1. The first-order valence-electron chi connectivity index (χ1n) is 9.03. The Kier molecular flexibility index (Phi) is 5.76. The SMILES string of the molecule is C=CCN1CCC[C@@]2(CC1)CN(C(=O)COC)Cc1ccccc1O2. The van der Waals surface area contributed by atoms with Crippen molar-refractivity contribution < 1.29 is 14.3 Å². The Hall–Kier alpha value is -1.85. The Balaban J connectivity index is 1.87. The number of methoxy groups -OCH3 is 1. The first-order chi connectivity index (χ1) is 12.2. The summed E-state index contributed by atoms with van der Waals surface area (Å²) < 4.78 is 11.6. The van der Waals surface area contributed by atoms with Crippen molar-refractivity contribution in [3.63, 3.8) is 0 Å². The molecule has 0 bridgehead atoms. The maximum Gasteiger partial charge on any atom is 0.248 e. The monoisotopic (exact) mass is 344 g/mol. The van der Waals surface area contributed by atoms with Crippen LogP contribution in [0.15, 0.2) is 36.9 Å². The van der Waals surface area contributed by atoms with Gasteiger partial charge in [-0.15, -0.1) is 6.58 Å². The van der Waals surface area contributed by atoms with E-state index in [2.05, 4.69) is 11.5 Å². The standard InChI is InChI=1S/C20H28N2O3/c1-3-11-21-12-6-9-20(10-13-21)16-22(19(23)15-24-2)14-17-7-4-5-8-18(17)25-20/h3-5,7-8H,1,6,9-16H2,2H3/t20-/m1/s1. The summed E-state index contributed by atoms with van der Waals surface area (Å²) in [6.07, 6.45) is 4.87. The number of nitrogens with zero attached hydrogens (tertiary/aromatic N) is 2. The molecule has 1 saturated heterocycles. The Morgan fingerprint density at radius 1 is 1.36 bits per heavy atom. The van der Waals surface area contributed by atoms with Crippen molar-refractivity contribution in [2.45, 2.75) is 31.4 Å². The summed E-state index contributed by atoms with van der Waals surface area (Å²) >= 11 is 0. The second-order valence-corrected chi connectivity index (χ2v) is 7.02. The van der Waals surface area contributed by atoms with Gasteiger partial charge in [-0.25, -0.2) is 0 Å². The van der Waals surface area contributed by atoms with E-state index in [1.807, 2.05) is 35.2 Å². The summed E-state index contributed by atoms with van der Waals surface area (Å²) in [6, 6.07) is 8.06. The third kappa shape index (κ3) is 4.22. The Labute approximate surface area is 150 Å². The van der Waals surface area contributed by atoms with E-state index >= 15 is 0 Å². The van der Waals surface area contributed by atoms with E-state index in [9.17, 15) is 4.79 Å². The third-order valence-electron chi connectivity index (χ3n) is 5.14. The van der Waals surface area contributed by atoms with Crippen molar-refractivity contribution in [3.05, 3.63) is 42.5 Å². The van der Waals surface area contributed by atoms with E-state index in [-0.39, 0.29) is 18.1 Å². The number of hydrogen-bond donors (Lipinski definition) is 0. The molecule has 25 heavy (non-hydrogen) atoms. The van der Waals surface area contributed by atoms with Crippen LogP contribution in [0, 0.1) is 0 Å². The molecular weight excluding hydrogens is 316 g/mol. The lowest BCUT2D eigenvalue weighted by Gasteiger charge is -2.35. The number of fused-ring (bicyclic) bond motifs is 1. The van der Waals surface area contributed by atoms with Gasteiger partial charge in [-0.1, -0.05) is 24.3 Å². The lowest BCUT2D eigenvalue weighted by atomic mass is 9.93. The van der Waals surface area contributed by atoms with Gasteiger partial charge in [-0.2, -0.15) is 0 Å². The quantitative estimate of drug-likeness (QED) is 0.787. The zero-order valence-corrected chi connectivity index (χ0v) is 15.1. The fourth-order valence-electron chi connectivity index (χ4n) is 3.85. The fourth-order valence-corrected chi connectivity index (χ4v) is 3.85. The van der Waals surface area contributed by atoms with Crippen molar-refractivity contribution in [2.75, 3.05) is 39.9 Å². The summed E-state index contributed by atoms with van der Waals surface area (Å²) in [7, 11) is 1.56. The molecule has 0 aromatic heterocycles. The number of amides is 1. The molecule has 0 saturated carbocycles. The zero-order valence-electron chi connectivity index (χ0n) is 15.1. The Morgan fingerprint density at radius 3 is 3.00 bits per heavy atom. The number of carbonyl (C=O) groups excluding carboxylic acids is 1. The highest BCUT2D eigenvalue weighted by atomic mass is 16.5. The van der Waals surface area contributed by atoms with Crippen LogP contribution in [0.25, 0.3) is 0 Å². The highest BCUT2D eigenvalue weighted by Crippen LogP contribution is 2.35. The van der Waals surface area contributed by atoms with Crippen LogP contribution in [0.3, 0.4) is 0 Å². The number of carbonyl (C=O) groups is 1. The van der Waals surface area contributed by atoms with Crippen LogP contribution in [0.1, 0.15) is 24.8 Å². The number of para-hydroxylation sites is 1. The smallest absolute Gasteiger partial charge is 0.248 e. The maximum atomic E-state index is 12.6. The topological polar surface area (TPSA) is 42.0 Å². The molecule has 1 amide bonds. The molecule has 1 aromatic carbocycles. The van der Waals surface area contributed by atoms with Gasteiger partial charge in [0.05, 0.1) is 6.54 Å². The molecule has 2 heterocycles. The highest BCUT2D eigenvalue weighted by molar-refractivity contribution is 5.77. The molecule has 0 radical (unpaired) electrons. The molecule has 0 aliphatic carbocycles. The third-order valence-corrected chi connectivity index (χ3v) is 5.14. The Bertz CT molecular complexity index is 619. The van der Waals surface area contributed by atoms with Crippen molar-refractivity contribution in [2.24, 2.45) is 0 Å². The molecule has 1 fully saturated rings. The van der Waals surface area contributed by atoms with Crippen molar-refractivity contribution in [3.8, 4) is 5.75 Å². The van der Waals surface area contributed by atoms with Crippen LogP contribution in [-0.4, -0.2) is 61.2 Å². The van der Waals surface area contributed by atoms with Crippen LogP contribution in [0.4, 0.5) is 0 Å². The summed E-state index contributed by atoms with van der Waals surface area (Å²) in [5.74, 6) is 0.932. The van der Waals surface area contributed by atoms with Crippen LogP contribution >= 0.6 is 0 Å². The molecule has 1 atom stereocenters. The molecule has 1 aromatic rings. The molecule has 5 heteroatoms.